The smallest absolute Gasteiger partial charge is 0.358 e. The van der Waals surface area contributed by atoms with Crippen LogP contribution < -0.4 is 10.6 Å². The topological polar surface area (TPSA) is 115 Å². The maximum absolute atomic E-state index is 12.8. The average Bonchev–Trinajstić information content (AvgIpc) is 3.52. The summed E-state index contributed by atoms with van der Waals surface area (Å²) in [6.45, 7) is 1.99. The van der Waals surface area contributed by atoms with Gasteiger partial charge in [-0.3, -0.25) is 9.59 Å². The number of hydrogen-bond acceptors (Lipinski definition) is 6. The quantitative estimate of drug-likeness (QED) is 0.414. The minimum Gasteiger partial charge on any atom is -0.461 e. The van der Waals surface area contributed by atoms with Gasteiger partial charge in [0.25, 0.3) is 11.8 Å². The van der Waals surface area contributed by atoms with Crippen LogP contribution in [0, 0.1) is 0 Å². The van der Waals surface area contributed by atoms with Crippen molar-refractivity contribution in [3.05, 3.63) is 96.2 Å². The molecular weight excluding hydrogens is 424 g/mol. The molecule has 2 heterocycles. The van der Waals surface area contributed by atoms with Gasteiger partial charge in [0.1, 0.15) is 0 Å². The summed E-state index contributed by atoms with van der Waals surface area (Å²) in [5.74, 6) is -1.09. The molecule has 0 unspecified atom stereocenters. The number of anilines is 2. The molecule has 9 heteroatoms. The lowest BCUT2D eigenvalue weighted by Gasteiger charge is -2.09. The van der Waals surface area contributed by atoms with Crippen LogP contribution in [0.5, 0.6) is 0 Å². The summed E-state index contributed by atoms with van der Waals surface area (Å²) in [6.07, 6.45) is 3.05. The van der Waals surface area contributed by atoms with Gasteiger partial charge in [0.15, 0.2) is 11.5 Å². The van der Waals surface area contributed by atoms with Gasteiger partial charge in [0.2, 0.25) is 0 Å². The van der Waals surface area contributed by atoms with Gasteiger partial charge < -0.3 is 19.8 Å². The molecule has 2 amide bonds. The Balaban J connectivity index is 1.46. The lowest BCUT2D eigenvalue weighted by molar-refractivity contribution is 0.0518. The second kappa shape index (κ2) is 9.65. The number of furan rings is 1. The van der Waals surface area contributed by atoms with Gasteiger partial charge in [-0.1, -0.05) is 12.1 Å². The first-order chi connectivity index (χ1) is 16.0. The molecule has 0 saturated carbocycles. The van der Waals surface area contributed by atoms with E-state index in [1.165, 1.54) is 10.9 Å². The third-order valence-corrected chi connectivity index (χ3v) is 4.57. The molecule has 33 heavy (non-hydrogen) atoms. The Morgan fingerprint density at radius 3 is 2.45 bits per heavy atom. The number of rotatable bonds is 7. The highest BCUT2D eigenvalue weighted by molar-refractivity contribution is 6.06. The minimum absolute atomic E-state index is 0.173. The highest BCUT2D eigenvalue weighted by atomic mass is 16.5. The number of esters is 1. The Bertz CT molecular complexity index is 1290. The first kappa shape index (κ1) is 21.6. The molecule has 0 aliphatic carbocycles. The molecular formula is C24H20N4O5. The zero-order valence-corrected chi connectivity index (χ0v) is 17.6. The summed E-state index contributed by atoms with van der Waals surface area (Å²) in [7, 11) is 0. The van der Waals surface area contributed by atoms with Crippen LogP contribution in [0.25, 0.3) is 5.69 Å². The standard InChI is InChI=1S/C24H20N4O5/c1-2-32-24(31)20-11-12-28(27-20)19-9-4-8-18(15-19)25-22(29)16-6-3-7-17(14-16)26-23(30)21-10-5-13-33-21/h3-15H,2H2,1H3,(H,25,29)(H,26,30). The van der Waals surface area contributed by atoms with Gasteiger partial charge in [-0.2, -0.15) is 5.10 Å². The van der Waals surface area contributed by atoms with Crippen molar-refractivity contribution in [1.29, 1.82) is 0 Å². The fourth-order valence-corrected chi connectivity index (χ4v) is 3.05. The van der Waals surface area contributed by atoms with Gasteiger partial charge in [0.05, 0.1) is 18.6 Å². The molecule has 0 aliphatic rings. The first-order valence-corrected chi connectivity index (χ1v) is 10.1. The second-order valence-electron chi connectivity index (χ2n) is 6.88. The number of aromatic nitrogens is 2. The number of nitrogens with zero attached hydrogens (tertiary/aromatic N) is 2. The van der Waals surface area contributed by atoms with E-state index in [1.807, 2.05) is 0 Å². The Kier molecular flexibility index (Phi) is 6.31. The Hall–Kier alpha value is -4.66. The van der Waals surface area contributed by atoms with Crippen LogP contribution in [-0.4, -0.2) is 34.2 Å². The molecule has 4 aromatic rings. The van der Waals surface area contributed by atoms with E-state index in [0.717, 1.165) is 0 Å². The zero-order valence-electron chi connectivity index (χ0n) is 17.6. The minimum atomic E-state index is -0.500. The highest BCUT2D eigenvalue weighted by Gasteiger charge is 2.13. The third-order valence-electron chi connectivity index (χ3n) is 4.57. The molecule has 2 N–H and O–H groups in total. The van der Waals surface area contributed by atoms with E-state index in [1.54, 1.807) is 79.9 Å². The Morgan fingerprint density at radius 2 is 1.70 bits per heavy atom. The molecule has 4 rings (SSSR count). The van der Waals surface area contributed by atoms with Gasteiger partial charge in [-0.25, -0.2) is 9.48 Å². The maximum atomic E-state index is 12.8. The molecule has 0 bridgehead atoms. The summed E-state index contributed by atoms with van der Waals surface area (Å²) in [6, 6.07) is 18.3. The highest BCUT2D eigenvalue weighted by Crippen LogP contribution is 2.18. The number of nitrogens with one attached hydrogen (secondary N) is 2. The summed E-state index contributed by atoms with van der Waals surface area (Å²) >= 11 is 0. The SMILES string of the molecule is CCOC(=O)c1ccn(-c2cccc(NC(=O)c3cccc(NC(=O)c4ccco4)c3)c2)n1. The van der Waals surface area contributed by atoms with Gasteiger partial charge in [-0.15, -0.1) is 0 Å². The molecule has 166 valence electrons. The number of benzene rings is 2. The fourth-order valence-electron chi connectivity index (χ4n) is 3.05. The summed E-state index contributed by atoms with van der Waals surface area (Å²) < 4.78 is 11.5. The molecule has 0 saturated heterocycles. The van der Waals surface area contributed by atoms with E-state index < -0.39 is 11.9 Å². The fraction of sp³-hybridized carbons (Fsp3) is 0.0833. The average molecular weight is 444 g/mol. The molecule has 2 aromatic heterocycles. The number of amides is 2. The monoisotopic (exact) mass is 444 g/mol. The van der Waals surface area contributed by atoms with E-state index in [0.29, 0.717) is 22.6 Å². The Labute approximate surface area is 189 Å². The van der Waals surface area contributed by atoms with Crippen molar-refractivity contribution >= 4 is 29.2 Å². The second-order valence-corrected chi connectivity index (χ2v) is 6.88. The van der Waals surface area contributed by atoms with Crippen molar-refractivity contribution in [2.45, 2.75) is 6.92 Å². The van der Waals surface area contributed by atoms with E-state index >= 15 is 0 Å². The normalized spacial score (nSPS) is 10.5. The van der Waals surface area contributed by atoms with Crippen LogP contribution >= 0.6 is 0 Å². The molecule has 0 spiro atoms. The molecule has 9 nitrogen and oxygen atoms in total. The van der Waals surface area contributed by atoms with Crippen LogP contribution in [0.2, 0.25) is 0 Å². The summed E-state index contributed by atoms with van der Waals surface area (Å²) in [4.78, 5) is 36.8. The molecule has 0 fully saturated rings. The lowest BCUT2D eigenvalue weighted by atomic mass is 10.1. The largest absolute Gasteiger partial charge is 0.461 e. The van der Waals surface area contributed by atoms with E-state index in [-0.39, 0.29) is 24.0 Å². The van der Waals surface area contributed by atoms with Crippen LogP contribution in [0.4, 0.5) is 11.4 Å². The van der Waals surface area contributed by atoms with Crippen molar-refractivity contribution in [1.82, 2.24) is 9.78 Å². The maximum Gasteiger partial charge on any atom is 0.358 e. The van der Waals surface area contributed by atoms with Crippen molar-refractivity contribution in [2.24, 2.45) is 0 Å². The molecule has 0 aliphatic heterocycles. The lowest BCUT2D eigenvalue weighted by Crippen LogP contribution is -2.14. The number of carbonyl (C=O) groups excluding carboxylic acids is 3. The molecule has 2 aromatic carbocycles. The van der Waals surface area contributed by atoms with Crippen LogP contribution in [0.3, 0.4) is 0 Å². The first-order valence-electron chi connectivity index (χ1n) is 10.1. The van der Waals surface area contributed by atoms with Crippen LogP contribution in [-0.2, 0) is 4.74 Å². The van der Waals surface area contributed by atoms with Crippen molar-refractivity contribution in [2.75, 3.05) is 17.2 Å². The number of carbonyl (C=O) groups is 3. The van der Waals surface area contributed by atoms with Gasteiger partial charge >= 0.3 is 5.97 Å². The zero-order chi connectivity index (χ0) is 23.2. The van der Waals surface area contributed by atoms with Gasteiger partial charge in [-0.05, 0) is 61.5 Å². The molecule has 0 atom stereocenters. The predicted octanol–water partition coefficient (Wildman–Crippen LogP) is 4.15. The van der Waals surface area contributed by atoms with E-state index in [4.69, 9.17) is 9.15 Å². The number of hydrogen-bond donors (Lipinski definition) is 2. The van der Waals surface area contributed by atoms with Gasteiger partial charge in [0, 0.05) is 23.1 Å². The van der Waals surface area contributed by atoms with E-state index in [2.05, 4.69) is 15.7 Å². The summed E-state index contributed by atoms with van der Waals surface area (Å²) in [5.41, 5.74) is 2.21. The van der Waals surface area contributed by atoms with E-state index in [9.17, 15) is 14.4 Å². The van der Waals surface area contributed by atoms with Crippen molar-refractivity contribution in [3.63, 3.8) is 0 Å². The predicted molar refractivity (Wildman–Crippen MR) is 121 cm³/mol. The van der Waals surface area contributed by atoms with Crippen LogP contribution in [0.15, 0.2) is 83.6 Å². The molecule has 0 radical (unpaired) electrons. The van der Waals surface area contributed by atoms with Crippen LogP contribution in [0.1, 0.15) is 38.3 Å². The van der Waals surface area contributed by atoms with Crippen molar-refractivity contribution in [3.8, 4) is 5.69 Å². The summed E-state index contributed by atoms with van der Waals surface area (Å²) in [5, 5.41) is 9.74. The Morgan fingerprint density at radius 1 is 0.939 bits per heavy atom. The number of ether oxygens (including phenoxy) is 1. The third kappa shape index (κ3) is 5.16. The van der Waals surface area contributed by atoms with Crippen molar-refractivity contribution < 1.29 is 23.5 Å².